The molecule has 0 aliphatic carbocycles. The van der Waals surface area contributed by atoms with Gasteiger partial charge in [0.2, 0.25) is 5.88 Å². The molecule has 4 aromatic rings. The molecular formula is C23H22N4O. The zero-order chi connectivity index (χ0) is 19.6. The lowest BCUT2D eigenvalue weighted by Gasteiger charge is -2.26. The van der Waals surface area contributed by atoms with Gasteiger partial charge >= 0.3 is 0 Å². The van der Waals surface area contributed by atoms with E-state index in [0.717, 1.165) is 5.75 Å². The molecule has 4 rings (SSSR count). The maximum atomic E-state index is 5.93. The fourth-order valence-electron chi connectivity index (χ4n) is 3.10. The summed E-state index contributed by atoms with van der Waals surface area (Å²) >= 11 is 0. The molecule has 0 atom stereocenters. The van der Waals surface area contributed by atoms with E-state index in [2.05, 4.69) is 72.4 Å². The van der Waals surface area contributed by atoms with Crippen molar-refractivity contribution < 1.29 is 4.74 Å². The van der Waals surface area contributed by atoms with Gasteiger partial charge in [0.25, 0.3) is 0 Å². The minimum absolute atomic E-state index is 0.0871. The van der Waals surface area contributed by atoms with Crippen LogP contribution in [-0.4, -0.2) is 20.0 Å². The van der Waals surface area contributed by atoms with E-state index < -0.39 is 0 Å². The van der Waals surface area contributed by atoms with Crippen molar-refractivity contribution in [2.24, 2.45) is 0 Å². The first-order valence-electron chi connectivity index (χ1n) is 9.22. The molecule has 0 aliphatic rings. The van der Waals surface area contributed by atoms with E-state index >= 15 is 0 Å². The Labute approximate surface area is 164 Å². The Morgan fingerprint density at radius 1 is 0.786 bits per heavy atom. The van der Waals surface area contributed by atoms with Gasteiger partial charge in [-0.15, -0.1) is 4.80 Å². The smallest absolute Gasteiger partial charge is 0.221 e. The highest BCUT2D eigenvalue weighted by molar-refractivity contribution is 5.41. The molecule has 0 unspecified atom stereocenters. The predicted molar refractivity (Wildman–Crippen MR) is 109 cm³/mol. The maximum absolute atomic E-state index is 5.93. The van der Waals surface area contributed by atoms with E-state index in [9.17, 15) is 0 Å². The SMILES string of the molecule is Cc1ccc(C(C)(C)c2ccc(Oc3cccc(-n4nccn4)n3)cc2)cc1. The Balaban J connectivity index is 1.54. The molecular weight excluding hydrogens is 348 g/mol. The average molecular weight is 370 g/mol. The third kappa shape index (κ3) is 3.64. The van der Waals surface area contributed by atoms with Gasteiger partial charge in [0.1, 0.15) is 5.75 Å². The highest BCUT2D eigenvalue weighted by Gasteiger charge is 2.22. The number of ether oxygens (including phenoxy) is 1. The van der Waals surface area contributed by atoms with E-state index in [4.69, 9.17) is 4.74 Å². The summed E-state index contributed by atoms with van der Waals surface area (Å²) in [5.41, 5.74) is 3.69. The average Bonchev–Trinajstić information content (AvgIpc) is 3.24. The molecule has 0 bridgehead atoms. The number of nitrogens with zero attached hydrogens (tertiary/aromatic N) is 4. The van der Waals surface area contributed by atoms with Gasteiger partial charge < -0.3 is 4.74 Å². The zero-order valence-corrected chi connectivity index (χ0v) is 16.2. The van der Waals surface area contributed by atoms with Gasteiger partial charge in [-0.1, -0.05) is 61.9 Å². The quantitative estimate of drug-likeness (QED) is 0.491. The van der Waals surface area contributed by atoms with Crippen LogP contribution in [0.5, 0.6) is 11.6 Å². The minimum Gasteiger partial charge on any atom is -0.439 e. The number of rotatable bonds is 5. The predicted octanol–water partition coefficient (Wildman–Crippen LogP) is 5.09. The number of aromatic nitrogens is 4. The van der Waals surface area contributed by atoms with Gasteiger partial charge in [-0.25, -0.2) is 0 Å². The summed E-state index contributed by atoms with van der Waals surface area (Å²) in [6.07, 6.45) is 3.23. The molecule has 0 fully saturated rings. The summed E-state index contributed by atoms with van der Waals surface area (Å²) in [4.78, 5) is 5.91. The molecule has 0 saturated heterocycles. The number of benzene rings is 2. The molecule has 0 amide bonds. The third-order valence-corrected chi connectivity index (χ3v) is 4.90. The maximum Gasteiger partial charge on any atom is 0.221 e. The second-order valence-electron chi connectivity index (χ2n) is 7.27. The first-order valence-corrected chi connectivity index (χ1v) is 9.22. The number of hydrogen-bond acceptors (Lipinski definition) is 4. The van der Waals surface area contributed by atoms with E-state index in [1.54, 1.807) is 12.4 Å². The third-order valence-electron chi connectivity index (χ3n) is 4.90. The number of pyridine rings is 1. The topological polar surface area (TPSA) is 52.8 Å². The summed E-state index contributed by atoms with van der Waals surface area (Å²) in [5, 5.41) is 8.19. The summed E-state index contributed by atoms with van der Waals surface area (Å²) in [5.74, 6) is 1.85. The van der Waals surface area contributed by atoms with Gasteiger partial charge in [-0.05, 0) is 36.2 Å². The first kappa shape index (κ1) is 17.9. The van der Waals surface area contributed by atoms with Crippen molar-refractivity contribution in [2.45, 2.75) is 26.2 Å². The van der Waals surface area contributed by atoms with Gasteiger partial charge in [-0.3, -0.25) is 0 Å². The second-order valence-corrected chi connectivity index (χ2v) is 7.27. The fourth-order valence-corrected chi connectivity index (χ4v) is 3.10. The molecule has 0 aliphatic heterocycles. The van der Waals surface area contributed by atoms with Crippen molar-refractivity contribution in [3.63, 3.8) is 0 Å². The second kappa shape index (κ2) is 7.27. The highest BCUT2D eigenvalue weighted by Crippen LogP contribution is 2.33. The van der Waals surface area contributed by atoms with Crippen LogP contribution in [0.2, 0.25) is 0 Å². The highest BCUT2D eigenvalue weighted by atomic mass is 16.5. The van der Waals surface area contributed by atoms with Gasteiger partial charge in [-0.2, -0.15) is 15.2 Å². The van der Waals surface area contributed by atoms with Crippen LogP contribution in [0.1, 0.15) is 30.5 Å². The Morgan fingerprint density at radius 3 is 2.04 bits per heavy atom. The standard InChI is InChI=1S/C23H22N4O/c1-17-7-9-18(10-8-17)23(2,3)19-11-13-20(14-12-19)28-22-6-4-5-21(26-22)27-24-15-16-25-27/h4-16H,1-3H3. The van der Waals surface area contributed by atoms with Crippen LogP contribution in [0.25, 0.3) is 5.82 Å². The van der Waals surface area contributed by atoms with Crippen molar-refractivity contribution in [1.29, 1.82) is 0 Å². The molecule has 2 heterocycles. The summed E-state index contributed by atoms with van der Waals surface area (Å²) < 4.78 is 5.93. The van der Waals surface area contributed by atoms with Crippen molar-refractivity contribution in [3.05, 3.63) is 95.8 Å². The van der Waals surface area contributed by atoms with Crippen LogP contribution in [0.15, 0.2) is 79.1 Å². The van der Waals surface area contributed by atoms with E-state index in [-0.39, 0.29) is 5.41 Å². The molecule has 140 valence electrons. The lowest BCUT2D eigenvalue weighted by Crippen LogP contribution is -2.18. The molecule has 0 radical (unpaired) electrons. The lowest BCUT2D eigenvalue weighted by atomic mass is 9.78. The minimum atomic E-state index is -0.0871. The first-order chi connectivity index (χ1) is 13.5. The van der Waals surface area contributed by atoms with Crippen molar-refractivity contribution in [1.82, 2.24) is 20.0 Å². The fraction of sp³-hybridized carbons (Fsp3) is 0.174. The summed E-state index contributed by atoms with van der Waals surface area (Å²) in [6, 6.07) is 22.4. The zero-order valence-electron chi connectivity index (χ0n) is 16.2. The number of hydrogen-bond donors (Lipinski definition) is 0. The Bertz CT molecular complexity index is 1050. The van der Waals surface area contributed by atoms with E-state index in [1.165, 1.54) is 21.5 Å². The molecule has 0 spiro atoms. The molecule has 0 N–H and O–H groups in total. The van der Waals surface area contributed by atoms with Crippen LogP contribution < -0.4 is 4.74 Å². The van der Waals surface area contributed by atoms with Crippen molar-refractivity contribution in [2.75, 3.05) is 0 Å². The molecule has 28 heavy (non-hydrogen) atoms. The Kier molecular flexibility index (Phi) is 4.65. The number of aryl methyl sites for hydroxylation is 1. The normalized spacial score (nSPS) is 11.4. The monoisotopic (exact) mass is 370 g/mol. The molecule has 2 aromatic carbocycles. The summed E-state index contributed by atoms with van der Waals surface area (Å²) in [6.45, 7) is 6.57. The van der Waals surface area contributed by atoms with E-state index in [1.807, 2.05) is 30.3 Å². The lowest BCUT2D eigenvalue weighted by molar-refractivity contribution is 0.460. The van der Waals surface area contributed by atoms with Crippen molar-refractivity contribution in [3.8, 4) is 17.4 Å². The van der Waals surface area contributed by atoms with Crippen LogP contribution in [0, 0.1) is 6.92 Å². The van der Waals surface area contributed by atoms with Gasteiger partial charge in [0.15, 0.2) is 5.82 Å². The largest absolute Gasteiger partial charge is 0.439 e. The Hall–Kier alpha value is -3.47. The Morgan fingerprint density at radius 2 is 1.39 bits per heavy atom. The molecule has 2 aromatic heterocycles. The molecule has 5 nitrogen and oxygen atoms in total. The van der Waals surface area contributed by atoms with Crippen LogP contribution in [-0.2, 0) is 5.41 Å². The van der Waals surface area contributed by atoms with E-state index in [0.29, 0.717) is 11.7 Å². The van der Waals surface area contributed by atoms with Crippen LogP contribution in [0.4, 0.5) is 0 Å². The van der Waals surface area contributed by atoms with Crippen LogP contribution >= 0.6 is 0 Å². The van der Waals surface area contributed by atoms with Crippen LogP contribution in [0.3, 0.4) is 0 Å². The summed E-state index contributed by atoms with van der Waals surface area (Å²) in [7, 11) is 0. The molecule has 0 saturated carbocycles. The van der Waals surface area contributed by atoms with Gasteiger partial charge in [0.05, 0.1) is 12.4 Å². The van der Waals surface area contributed by atoms with Gasteiger partial charge in [0, 0.05) is 11.5 Å². The van der Waals surface area contributed by atoms with Crippen molar-refractivity contribution >= 4 is 0 Å². The molecule has 5 heteroatoms.